The molecule has 1 aromatic heterocycles. The summed E-state index contributed by atoms with van der Waals surface area (Å²) in [5, 5.41) is 3.59. The van der Waals surface area contributed by atoms with Gasteiger partial charge in [0.2, 0.25) is 0 Å². The maximum absolute atomic E-state index is 13.4. The second-order valence-electron chi connectivity index (χ2n) is 3.57. The molecule has 15 heavy (non-hydrogen) atoms. The fourth-order valence-corrected chi connectivity index (χ4v) is 1.81. The third kappa shape index (κ3) is 1.61. The SMILES string of the molecule is CNCc1c(C)[nH]c2c(F)cc(F)cc12. The van der Waals surface area contributed by atoms with Gasteiger partial charge in [0.15, 0.2) is 0 Å². The normalized spacial score (nSPS) is 11.2. The lowest BCUT2D eigenvalue weighted by Gasteiger charge is -1.99. The van der Waals surface area contributed by atoms with E-state index in [9.17, 15) is 8.78 Å². The fourth-order valence-electron chi connectivity index (χ4n) is 1.81. The molecule has 1 heterocycles. The van der Waals surface area contributed by atoms with Gasteiger partial charge in [-0.2, -0.15) is 0 Å². The maximum Gasteiger partial charge on any atom is 0.150 e. The molecule has 0 aliphatic heterocycles. The molecule has 0 bridgehead atoms. The van der Waals surface area contributed by atoms with Crippen molar-refractivity contribution in [3.8, 4) is 0 Å². The number of nitrogens with one attached hydrogen (secondary N) is 2. The molecule has 0 amide bonds. The number of rotatable bonds is 2. The van der Waals surface area contributed by atoms with Crippen LogP contribution in [0.1, 0.15) is 11.3 Å². The third-order valence-electron chi connectivity index (χ3n) is 2.50. The second kappa shape index (κ2) is 3.62. The molecule has 2 N–H and O–H groups in total. The lowest BCUT2D eigenvalue weighted by atomic mass is 10.1. The first-order valence-corrected chi connectivity index (χ1v) is 4.74. The van der Waals surface area contributed by atoms with Crippen molar-refractivity contribution in [3.05, 3.63) is 35.0 Å². The Bertz CT molecular complexity index is 503. The van der Waals surface area contributed by atoms with E-state index >= 15 is 0 Å². The van der Waals surface area contributed by atoms with Crippen LogP contribution in [0, 0.1) is 18.6 Å². The molecule has 0 atom stereocenters. The highest BCUT2D eigenvalue weighted by atomic mass is 19.1. The Labute approximate surface area is 86.3 Å². The van der Waals surface area contributed by atoms with Gasteiger partial charge >= 0.3 is 0 Å². The molecule has 80 valence electrons. The summed E-state index contributed by atoms with van der Waals surface area (Å²) in [7, 11) is 1.80. The van der Waals surface area contributed by atoms with Crippen LogP contribution in [0.15, 0.2) is 12.1 Å². The minimum atomic E-state index is -0.546. The van der Waals surface area contributed by atoms with Crippen LogP contribution >= 0.6 is 0 Å². The number of benzene rings is 1. The number of aromatic nitrogens is 1. The van der Waals surface area contributed by atoms with Gasteiger partial charge in [-0.15, -0.1) is 0 Å². The summed E-state index contributed by atoms with van der Waals surface area (Å²) in [6.07, 6.45) is 0. The summed E-state index contributed by atoms with van der Waals surface area (Å²) < 4.78 is 26.4. The standard InChI is InChI=1S/C11H12F2N2/c1-6-9(5-14-2)8-3-7(12)4-10(13)11(8)15-6/h3-4,14-15H,5H2,1-2H3. The van der Waals surface area contributed by atoms with Gasteiger partial charge in [-0.25, -0.2) is 8.78 Å². The molecule has 2 aromatic rings. The van der Waals surface area contributed by atoms with E-state index in [0.717, 1.165) is 17.3 Å². The van der Waals surface area contributed by atoms with Crippen molar-refractivity contribution < 1.29 is 8.78 Å². The van der Waals surface area contributed by atoms with Crippen molar-refractivity contribution in [2.24, 2.45) is 0 Å². The molecular weight excluding hydrogens is 198 g/mol. The summed E-state index contributed by atoms with van der Waals surface area (Å²) in [5.41, 5.74) is 2.15. The van der Waals surface area contributed by atoms with Gasteiger partial charge < -0.3 is 10.3 Å². The van der Waals surface area contributed by atoms with Gasteiger partial charge in [-0.1, -0.05) is 0 Å². The molecule has 0 radical (unpaired) electrons. The lowest BCUT2D eigenvalue weighted by Crippen LogP contribution is -2.05. The minimum absolute atomic E-state index is 0.374. The van der Waals surface area contributed by atoms with Crippen molar-refractivity contribution in [2.75, 3.05) is 7.05 Å². The van der Waals surface area contributed by atoms with Crippen molar-refractivity contribution >= 4 is 10.9 Å². The molecule has 1 aromatic carbocycles. The molecule has 4 heteroatoms. The largest absolute Gasteiger partial charge is 0.356 e. The average molecular weight is 210 g/mol. The van der Waals surface area contributed by atoms with Crippen molar-refractivity contribution in [2.45, 2.75) is 13.5 Å². The van der Waals surface area contributed by atoms with Gasteiger partial charge in [-0.3, -0.25) is 0 Å². The van der Waals surface area contributed by atoms with Gasteiger partial charge in [0.05, 0.1) is 5.52 Å². The van der Waals surface area contributed by atoms with Gasteiger partial charge in [0, 0.05) is 23.7 Å². The first kappa shape index (κ1) is 10.1. The molecule has 0 fully saturated rings. The molecule has 2 rings (SSSR count). The summed E-state index contributed by atoms with van der Waals surface area (Å²) >= 11 is 0. The van der Waals surface area contributed by atoms with Gasteiger partial charge in [0.1, 0.15) is 11.6 Å². The molecule has 0 saturated heterocycles. The Hall–Kier alpha value is -1.42. The predicted molar refractivity (Wildman–Crippen MR) is 55.7 cm³/mol. The number of aromatic amines is 1. The smallest absolute Gasteiger partial charge is 0.150 e. The monoisotopic (exact) mass is 210 g/mol. The highest BCUT2D eigenvalue weighted by Gasteiger charge is 2.12. The summed E-state index contributed by atoms with van der Waals surface area (Å²) in [6.45, 7) is 2.44. The first-order valence-electron chi connectivity index (χ1n) is 4.74. The number of hydrogen-bond acceptors (Lipinski definition) is 1. The molecule has 2 nitrogen and oxygen atoms in total. The zero-order valence-electron chi connectivity index (χ0n) is 8.62. The van der Waals surface area contributed by atoms with Crippen LogP contribution in [0.25, 0.3) is 10.9 Å². The first-order chi connectivity index (χ1) is 7.13. The van der Waals surface area contributed by atoms with Crippen LogP contribution in [0.2, 0.25) is 0 Å². The van der Waals surface area contributed by atoms with E-state index in [2.05, 4.69) is 10.3 Å². The third-order valence-corrected chi connectivity index (χ3v) is 2.50. The van der Waals surface area contributed by atoms with E-state index in [1.165, 1.54) is 6.07 Å². The quantitative estimate of drug-likeness (QED) is 0.783. The summed E-state index contributed by atoms with van der Waals surface area (Å²) in [5.74, 6) is -1.09. The van der Waals surface area contributed by atoms with E-state index in [-0.39, 0.29) is 0 Å². The van der Waals surface area contributed by atoms with E-state index < -0.39 is 11.6 Å². The van der Waals surface area contributed by atoms with Crippen LogP contribution < -0.4 is 5.32 Å². The second-order valence-corrected chi connectivity index (χ2v) is 3.57. The van der Waals surface area contributed by atoms with Crippen molar-refractivity contribution in [3.63, 3.8) is 0 Å². The summed E-state index contributed by atoms with van der Waals surface area (Å²) in [4.78, 5) is 2.93. The summed E-state index contributed by atoms with van der Waals surface area (Å²) in [6, 6.07) is 2.25. The number of fused-ring (bicyclic) bond motifs is 1. The molecular formula is C11H12F2N2. The zero-order valence-corrected chi connectivity index (χ0v) is 8.62. The number of hydrogen-bond donors (Lipinski definition) is 2. The Morgan fingerprint density at radius 3 is 2.73 bits per heavy atom. The van der Waals surface area contributed by atoms with Crippen LogP contribution in [0.3, 0.4) is 0 Å². The Morgan fingerprint density at radius 2 is 2.07 bits per heavy atom. The molecule has 0 saturated carbocycles. The topological polar surface area (TPSA) is 27.8 Å². The van der Waals surface area contributed by atoms with Crippen molar-refractivity contribution in [1.82, 2.24) is 10.3 Å². The number of halogens is 2. The molecule has 0 aliphatic rings. The minimum Gasteiger partial charge on any atom is -0.356 e. The molecule has 0 spiro atoms. The maximum atomic E-state index is 13.4. The highest BCUT2D eigenvalue weighted by Crippen LogP contribution is 2.25. The van der Waals surface area contributed by atoms with E-state index in [0.29, 0.717) is 17.4 Å². The predicted octanol–water partition coefficient (Wildman–Crippen LogP) is 2.47. The average Bonchev–Trinajstić information content (AvgIpc) is 2.46. The van der Waals surface area contributed by atoms with Gasteiger partial charge in [0.25, 0.3) is 0 Å². The molecule has 0 aliphatic carbocycles. The van der Waals surface area contributed by atoms with Crippen LogP contribution in [-0.2, 0) is 6.54 Å². The number of aryl methyl sites for hydroxylation is 1. The lowest BCUT2D eigenvalue weighted by molar-refractivity contribution is 0.591. The fraction of sp³-hybridized carbons (Fsp3) is 0.273. The molecule has 0 unspecified atom stereocenters. The van der Waals surface area contributed by atoms with Crippen LogP contribution in [0.5, 0.6) is 0 Å². The van der Waals surface area contributed by atoms with E-state index in [1.807, 2.05) is 6.92 Å². The highest BCUT2D eigenvalue weighted by molar-refractivity contribution is 5.85. The zero-order chi connectivity index (χ0) is 11.0. The Balaban J connectivity index is 2.74. The van der Waals surface area contributed by atoms with E-state index in [4.69, 9.17) is 0 Å². The Morgan fingerprint density at radius 1 is 1.33 bits per heavy atom. The van der Waals surface area contributed by atoms with Gasteiger partial charge in [-0.05, 0) is 25.6 Å². The number of H-pyrrole nitrogens is 1. The van der Waals surface area contributed by atoms with E-state index in [1.54, 1.807) is 7.05 Å². The van der Waals surface area contributed by atoms with Crippen LogP contribution in [0.4, 0.5) is 8.78 Å². The van der Waals surface area contributed by atoms with Crippen LogP contribution in [-0.4, -0.2) is 12.0 Å². The van der Waals surface area contributed by atoms with Crippen molar-refractivity contribution in [1.29, 1.82) is 0 Å². The Kier molecular flexibility index (Phi) is 2.44.